The lowest BCUT2D eigenvalue weighted by Crippen LogP contribution is -2.33. The van der Waals surface area contributed by atoms with Gasteiger partial charge >= 0.3 is 0 Å². The molecule has 0 bridgehead atoms. The van der Waals surface area contributed by atoms with Crippen molar-refractivity contribution in [2.24, 2.45) is 0 Å². The number of nitrogens with one attached hydrogen (secondary N) is 1. The van der Waals surface area contributed by atoms with Crippen LogP contribution in [0.2, 0.25) is 5.02 Å². The highest BCUT2D eigenvalue weighted by atomic mass is 35.5. The maximum atomic E-state index is 12.0. The summed E-state index contributed by atoms with van der Waals surface area (Å²) in [6, 6.07) is 5.09. The fourth-order valence-electron chi connectivity index (χ4n) is 1.60. The second kappa shape index (κ2) is 7.69. The second-order valence-corrected chi connectivity index (χ2v) is 5.14. The van der Waals surface area contributed by atoms with Crippen LogP contribution in [0.4, 0.5) is 5.69 Å². The van der Waals surface area contributed by atoms with E-state index >= 15 is 0 Å². The molecule has 114 valence electrons. The summed E-state index contributed by atoms with van der Waals surface area (Å²) in [5.74, 6) is -0.251. The van der Waals surface area contributed by atoms with E-state index in [1.165, 1.54) is 11.9 Å². The molecule has 1 rings (SSSR count). The highest BCUT2D eigenvalue weighted by Crippen LogP contribution is 2.33. The predicted molar refractivity (Wildman–Crippen MR) is 83.7 cm³/mol. The van der Waals surface area contributed by atoms with Gasteiger partial charge in [0.05, 0.1) is 23.4 Å². The highest BCUT2D eigenvalue weighted by Gasteiger charge is 2.15. The van der Waals surface area contributed by atoms with Crippen molar-refractivity contribution in [2.45, 2.75) is 20.0 Å². The van der Waals surface area contributed by atoms with Gasteiger partial charge in [-0.1, -0.05) is 24.2 Å². The molecule has 0 aliphatic heterocycles. The van der Waals surface area contributed by atoms with E-state index in [0.29, 0.717) is 16.5 Å². The van der Waals surface area contributed by atoms with E-state index < -0.39 is 0 Å². The Morgan fingerprint density at radius 2 is 2.14 bits per heavy atom. The molecule has 0 saturated heterocycles. The predicted octanol–water partition coefficient (Wildman–Crippen LogP) is 2.71. The number of halogens is 1. The Morgan fingerprint density at radius 1 is 1.48 bits per heavy atom. The minimum atomic E-state index is -0.344. The largest absolute Gasteiger partial charge is 0.487 e. The van der Waals surface area contributed by atoms with Crippen molar-refractivity contribution in [3.8, 4) is 5.75 Å². The number of benzene rings is 1. The number of likely N-dealkylation sites (N-methyl/N-ethyl adjacent to an activating group) is 1. The Balaban J connectivity index is 2.83. The molecular formula is C15H19ClN2O3. The van der Waals surface area contributed by atoms with Crippen LogP contribution in [0.25, 0.3) is 0 Å². The fourth-order valence-corrected chi connectivity index (χ4v) is 1.82. The fraction of sp³-hybridized carbons (Fsp3) is 0.333. The SMILES string of the molecule is C=CC(=O)N(C)CC(=O)Nc1cccc(Cl)c1OC(C)C. The van der Waals surface area contributed by atoms with E-state index in [2.05, 4.69) is 11.9 Å². The standard InChI is InChI=1S/C15H19ClN2O3/c1-5-14(20)18(4)9-13(19)17-12-8-6-7-11(16)15(12)21-10(2)3/h5-8,10H,1,9H2,2-4H3,(H,17,19). The molecule has 0 spiro atoms. The summed E-state index contributed by atoms with van der Waals surface area (Å²) in [6.07, 6.45) is 1.07. The van der Waals surface area contributed by atoms with Gasteiger partial charge in [-0.05, 0) is 32.1 Å². The molecule has 0 aliphatic carbocycles. The molecule has 0 heterocycles. The molecule has 0 atom stereocenters. The first-order chi connectivity index (χ1) is 9.85. The van der Waals surface area contributed by atoms with Crippen LogP contribution >= 0.6 is 11.6 Å². The Hall–Kier alpha value is -2.01. The lowest BCUT2D eigenvalue weighted by molar-refractivity contribution is -0.129. The van der Waals surface area contributed by atoms with Crippen LogP contribution in [-0.2, 0) is 9.59 Å². The van der Waals surface area contributed by atoms with Gasteiger partial charge < -0.3 is 15.0 Å². The summed E-state index contributed by atoms with van der Waals surface area (Å²) in [6.45, 7) is 7.02. The lowest BCUT2D eigenvalue weighted by Gasteiger charge is -2.18. The zero-order chi connectivity index (χ0) is 16.0. The van der Waals surface area contributed by atoms with Crippen LogP contribution < -0.4 is 10.1 Å². The average Bonchev–Trinajstić information content (AvgIpc) is 2.41. The highest BCUT2D eigenvalue weighted by molar-refractivity contribution is 6.32. The van der Waals surface area contributed by atoms with Crippen molar-refractivity contribution in [3.05, 3.63) is 35.9 Å². The van der Waals surface area contributed by atoms with E-state index in [1.807, 2.05) is 13.8 Å². The number of nitrogens with zero attached hydrogens (tertiary/aromatic N) is 1. The number of hydrogen-bond donors (Lipinski definition) is 1. The molecule has 0 radical (unpaired) electrons. The first-order valence-electron chi connectivity index (χ1n) is 6.47. The molecule has 6 heteroatoms. The zero-order valence-corrected chi connectivity index (χ0v) is 13.1. The van der Waals surface area contributed by atoms with E-state index in [0.717, 1.165) is 6.08 Å². The Labute approximate surface area is 129 Å². The van der Waals surface area contributed by atoms with Crippen LogP contribution in [0.3, 0.4) is 0 Å². The van der Waals surface area contributed by atoms with Gasteiger partial charge in [-0.3, -0.25) is 9.59 Å². The molecule has 0 unspecified atom stereocenters. The molecule has 1 aromatic rings. The molecule has 21 heavy (non-hydrogen) atoms. The van der Waals surface area contributed by atoms with Crippen molar-refractivity contribution < 1.29 is 14.3 Å². The molecule has 0 aliphatic rings. The van der Waals surface area contributed by atoms with Gasteiger partial charge in [0.1, 0.15) is 0 Å². The minimum absolute atomic E-state index is 0.0782. The quantitative estimate of drug-likeness (QED) is 0.822. The minimum Gasteiger partial charge on any atom is -0.487 e. The molecule has 1 aromatic carbocycles. The van der Waals surface area contributed by atoms with E-state index in [-0.39, 0.29) is 24.5 Å². The maximum absolute atomic E-state index is 12.0. The van der Waals surface area contributed by atoms with Crippen molar-refractivity contribution >= 4 is 29.1 Å². The van der Waals surface area contributed by atoms with E-state index in [9.17, 15) is 9.59 Å². The van der Waals surface area contributed by atoms with Gasteiger partial charge in [0.25, 0.3) is 0 Å². The lowest BCUT2D eigenvalue weighted by atomic mass is 10.2. The number of anilines is 1. The number of carbonyl (C=O) groups is 2. The second-order valence-electron chi connectivity index (χ2n) is 4.73. The van der Waals surface area contributed by atoms with Crippen LogP contribution in [0.5, 0.6) is 5.75 Å². The van der Waals surface area contributed by atoms with Gasteiger partial charge in [0, 0.05) is 7.05 Å². The van der Waals surface area contributed by atoms with Gasteiger partial charge in [0.15, 0.2) is 5.75 Å². The first kappa shape index (κ1) is 17.0. The average molecular weight is 311 g/mol. The van der Waals surface area contributed by atoms with Gasteiger partial charge in [-0.25, -0.2) is 0 Å². The third-order valence-corrected chi connectivity index (χ3v) is 2.82. The number of carbonyl (C=O) groups excluding carboxylic acids is 2. The number of para-hydroxylation sites is 1. The molecule has 2 amide bonds. The molecule has 0 aromatic heterocycles. The van der Waals surface area contributed by atoms with Gasteiger partial charge in [-0.15, -0.1) is 0 Å². The molecule has 1 N–H and O–H groups in total. The summed E-state index contributed by atoms with van der Waals surface area (Å²) in [5.41, 5.74) is 0.473. The van der Waals surface area contributed by atoms with Crippen LogP contribution in [0.15, 0.2) is 30.9 Å². The summed E-state index contributed by atoms with van der Waals surface area (Å²) in [4.78, 5) is 24.6. The molecule has 0 fully saturated rings. The zero-order valence-electron chi connectivity index (χ0n) is 12.4. The van der Waals surface area contributed by atoms with E-state index in [4.69, 9.17) is 16.3 Å². The maximum Gasteiger partial charge on any atom is 0.246 e. The third-order valence-electron chi connectivity index (χ3n) is 2.53. The third kappa shape index (κ3) is 5.11. The topological polar surface area (TPSA) is 58.6 Å². The van der Waals surface area contributed by atoms with Crippen molar-refractivity contribution in [3.63, 3.8) is 0 Å². The van der Waals surface area contributed by atoms with Gasteiger partial charge in [-0.2, -0.15) is 0 Å². The summed E-state index contributed by atoms with van der Waals surface area (Å²) >= 11 is 6.08. The first-order valence-corrected chi connectivity index (χ1v) is 6.85. The Kier molecular flexibility index (Phi) is 6.24. The number of amides is 2. The summed E-state index contributed by atoms with van der Waals surface area (Å²) in [5, 5.41) is 3.10. The van der Waals surface area contributed by atoms with Crippen molar-refractivity contribution in [1.82, 2.24) is 4.90 Å². The molecular weight excluding hydrogens is 292 g/mol. The Bertz CT molecular complexity index is 544. The van der Waals surface area contributed by atoms with Gasteiger partial charge in [0.2, 0.25) is 11.8 Å². The number of rotatable bonds is 6. The van der Waals surface area contributed by atoms with Crippen LogP contribution in [0.1, 0.15) is 13.8 Å². The van der Waals surface area contributed by atoms with Crippen molar-refractivity contribution in [2.75, 3.05) is 18.9 Å². The monoisotopic (exact) mass is 310 g/mol. The van der Waals surface area contributed by atoms with E-state index in [1.54, 1.807) is 18.2 Å². The Morgan fingerprint density at radius 3 is 2.71 bits per heavy atom. The smallest absolute Gasteiger partial charge is 0.246 e. The van der Waals surface area contributed by atoms with Crippen molar-refractivity contribution in [1.29, 1.82) is 0 Å². The molecule has 0 saturated carbocycles. The number of hydrogen-bond acceptors (Lipinski definition) is 3. The summed E-state index contributed by atoms with van der Waals surface area (Å²) < 4.78 is 5.61. The van der Waals surface area contributed by atoms with Crippen LogP contribution in [-0.4, -0.2) is 36.4 Å². The van der Waals surface area contributed by atoms with Crippen LogP contribution in [0, 0.1) is 0 Å². The number of ether oxygens (including phenoxy) is 1. The molecule has 5 nitrogen and oxygen atoms in total. The normalized spacial score (nSPS) is 10.1. The summed E-state index contributed by atoms with van der Waals surface area (Å²) in [7, 11) is 1.52.